The molecule has 2 aliphatic heterocycles. The third-order valence-electron chi connectivity index (χ3n) is 5.37. The van der Waals surface area contributed by atoms with Gasteiger partial charge in [-0.2, -0.15) is 17.5 Å². The molecule has 13 heteroatoms. The van der Waals surface area contributed by atoms with Crippen molar-refractivity contribution in [1.29, 1.82) is 0 Å². The monoisotopic (exact) mass is 489 g/mol. The van der Waals surface area contributed by atoms with E-state index in [1.165, 1.54) is 10.5 Å². The summed E-state index contributed by atoms with van der Waals surface area (Å²) in [6.07, 6.45) is 3.02. The maximum absolute atomic E-state index is 12.7. The second-order valence-electron chi connectivity index (χ2n) is 7.49. The van der Waals surface area contributed by atoms with Gasteiger partial charge in [0.2, 0.25) is 10.0 Å². The van der Waals surface area contributed by atoms with Crippen LogP contribution in [0.1, 0.15) is 12.8 Å². The van der Waals surface area contributed by atoms with Gasteiger partial charge in [-0.15, -0.1) is 0 Å². The number of hydrogen-bond acceptors (Lipinski definition) is 7. The van der Waals surface area contributed by atoms with Gasteiger partial charge < -0.3 is 14.6 Å². The highest BCUT2D eigenvalue weighted by Gasteiger charge is 2.56. The Morgan fingerprint density at radius 3 is 2.39 bits per heavy atom. The summed E-state index contributed by atoms with van der Waals surface area (Å²) in [6.45, 7) is 2.01. The third-order valence-corrected chi connectivity index (χ3v) is 7.15. The molecule has 4 heterocycles. The van der Waals surface area contributed by atoms with E-state index in [1.807, 2.05) is 12.1 Å². The van der Waals surface area contributed by atoms with Crippen molar-refractivity contribution in [2.45, 2.75) is 29.5 Å². The van der Waals surface area contributed by atoms with Crippen LogP contribution in [0.5, 0.6) is 5.75 Å². The van der Waals surface area contributed by atoms with Crippen LogP contribution >= 0.6 is 0 Å². The molecule has 0 bridgehead atoms. The van der Waals surface area contributed by atoms with E-state index in [9.17, 15) is 21.6 Å². The molecule has 2 aliphatic rings. The number of ether oxygens (including phenoxy) is 2. The lowest BCUT2D eigenvalue weighted by molar-refractivity contribution is -0.192. The van der Waals surface area contributed by atoms with Crippen LogP contribution in [-0.4, -0.2) is 71.8 Å². The number of sulfonamides is 1. The number of rotatable bonds is 6. The molecule has 1 spiro atoms. The lowest BCUT2D eigenvalue weighted by Gasteiger charge is -2.49. The van der Waals surface area contributed by atoms with Crippen molar-refractivity contribution in [2.24, 2.45) is 5.92 Å². The summed E-state index contributed by atoms with van der Waals surface area (Å²) in [5.41, 5.74) is -0.381. The molecule has 0 radical (unpaired) electrons. The number of pyridine rings is 2. The number of carboxylic acids is 1. The molecular formula is C20H22F3N3O6S. The Morgan fingerprint density at radius 2 is 1.85 bits per heavy atom. The largest absolute Gasteiger partial charge is 0.492 e. The standard InChI is InChI=1S/C18H21N3O4S.C2HF3O2/c22-26(23,17-4-2-8-20-12-17)21-13-18(14-21)15(6-10-25-18)5-9-24-16-3-1-7-19-11-16;3-2(4,5)1(6)7/h1-4,7-8,11-12,15H,5-6,9-10,13-14H2;(H,6,7). The Bertz CT molecular complexity index is 1030. The van der Waals surface area contributed by atoms with Gasteiger partial charge in [-0.25, -0.2) is 13.2 Å². The van der Waals surface area contributed by atoms with Gasteiger partial charge >= 0.3 is 12.1 Å². The smallest absolute Gasteiger partial charge is 0.490 e. The highest BCUT2D eigenvalue weighted by molar-refractivity contribution is 7.89. The van der Waals surface area contributed by atoms with Gasteiger partial charge in [-0.05, 0) is 43.0 Å². The third kappa shape index (κ3) is 5.97. The quantitative estimate of drug-likeness (QED) is 0.657. The predicted molar refractivity (Wildman–Crippen MR) is 108 cm³/mol. The minimum absolute atomic E-state index is 0.226. The Hall–Kier alpha value is -2.77. The molecule has 2 saturated heterocycles. The number of aliphatic carboxylic acids is 1. The zero-order valence-electron chi connectivity index (χ0n) is 17.3. The molecule has 180 valence electrons. The summed E-state index contributed by atoms with van der Waals surface area (Å²) in [5.74, 6) is -1.72. The van der Waals surface area contributed by atoms with Crippen molar-refractivity contribution in [1.82, 2.24) is 14.3 Å². The van der Waals surface area contributed by atoms with Crippen molar-refractivity contribution in [3.8, 4) is 5.75 Å². The SMILES string of the molecule is O=C(O)C(F)(F)F.O=S(=O)(c1cccnc1)N1CC2(C1)OCCC2CCOc1cccnc1. The minimum atomic E-state index is -5.08. The van der Waals surface area contributed by atoms with E-state index in [4.69, 9.17) is 19.4 Å². The number of halogens is 3. The average Bonchev–Trinajstić information content (AvgIpc) is 3.18. The molecule has 1 N–H and O–H groups in total. The first-order valence-electron chi connectivity index (χ1n) is 9.92. The Morgan fingerprint density at radius 1 is 1.21 bits per heavy atom. The van der Waals surface area contributed by atoms with E-state index in [1.54, 1.807) is 30.7 Å². The fourth-order valence-corrected chi connectivity index (χ4v) is 5.18. The number of carboxylic acid groups (broad SMARTS) is 1. The summed E-state index contributed by atoms with van der Waals surface area (Å²) in [5, 5.41) is 7.12. The number of hydrogen-bond donors (Lipinski definition) is 1. The zero-order valence-corrected chi connectivity index (χ0v) is 18.1. The van der Waals surface area contributed by atoms with Crippen LogP contribution in [-0.2, 0) is 19.6 Å². The molecule has 1 atom stereocenters. The molecule has 1 unspecified atom stereocenters. The molecule has 2 aromatic heterocycles. The summed E-state index contributed by atoms with van der Waals surface area (Å²) in [7, 11) is -3.50. The van der Waals surface area contributed by atoms with Crippen LogP contribution in [0.2, 0.25) is 0 Å². The molecule has 33 heavy (non-hydrogen) atoms. The topological polar surface area (TPSA) is 119 Å². The van der Waals surface area contributed by atoms with Crippen molar-refractivity contribution >= 4 is 16.0 Å². The summed E-state index contributed by atoms with van der Waals surface area (Å²) < 4.78 is 70.2. The van der Waals surface area contributed by atoms with Crippen LogP contribution in [0, 0.1) is 5.92 Å². The maximum atomic E-state index is 12.7. The Kier molecular flexibility index (Phi) is 7.55. The summed E-state index contributed by atoms with van der Waals surface area (Å²) >= 11 is 0. The Labute approximate surface area is 188 Å². The van der Waals surface area contributed by atoms with Gasteiger partial charge in [0.15, 0.2) is 0 Å². The molecule has 0 aliphatic carbocycles. The highest BCUT2D eigenvalue weighted by atomic mass is 32.2. The number of carbonyl (C=O) groups is 1. The number of alkyl halides is 3. The molecular weight excluding hydrogens is 467 g/mol. The second-order valence-corrected chi connectivity index (χ2v) is 9.43. The lowest BCUT2D eigenvalue weighted by atomic mass is 9.80. The fraction of sp³-hybridized carbons (Fsp3) is 0.450. The second kappa shape index (κ2) is 10.0. The molecule has 0 aromatic carbocycles. The van der Waals surface area contributed by atoms with E-state index >= 15 is 0 Å². The highest BCUT2D eigenvalue weighted by Crippen LogP contribution is 2.43. The van der Waals surface area contributed by atoms with Crippen LogP contribution in [0.3, 0.4) is 0 Å². The van der Waals surface area contributed by atoms with Crippen LogP contribution in [0.4, 0.5) is 13.2 Å². The van der Waals surface area contributed by atoms with E-state index in [0.717, 1.165) is 18.6 Å². The average molecular weight is 489 g/mol. The van der Waals surface area contributed by atoms with Gasteiger partial charge in [0, 0.05) is 38.3 Å². The Balaban J connectivity index is 0.000000383. The molecule has 4 rings (SSSR count). The zero-order chi connectivity index (χ0) is 24.1. The van der Waals surface area contributed by atoms with Crippen LogP contribution in [0.25, 0.3) is 0 Å². The predicted octanol–water partition coefficient (Wildman–Crippen LogP) is 2.36. The van der Waals surface area contributed by atoms with Gasteiger partial charge in [0.05, 0.1) is 18.4 Å². The molecule has 0 saturated carbocycles. The number of nitrogens with zero attached hydrogens (tertiary/aromatic N) is 3. The summed E-state index contributed by atoms with van der Waals surface area (Å²) in [4.78, 5) is 17.1. The first kappa shape index (κ1) is 24.9. The van der Waals surface area contributed by atoms with E-state index < -0.39 is 22.2 Å². The first-order valence-corrected chi connectivity index (χ1v) is 11.4. The minimum Gasteiger partial charge on any atom is -0.492 e. The van der Waals surface area contributed by atoms with Gasteiger partial charge in [0.25, 0.3) is 0 Å². The van der Waals surface area contributed by atoms with E-state index in [2.05, 4.69) is 9.97 Å². The summed E-state index contributed by atoms with van der Waals surface area (Å²) in [6, 6.07) is 6.91. The fourth-order valence-electron chi connectivity index (χ4n) is 3.66. The molecule has 9 nitrogen and oxygen atoms in total. The molecule has 2 fully saturated rings. The van der Waals surface area contributed by atoms with Gasteiger partial charge in [-0.1, -0.05) is 0 Å². The normalized spacial score (nSPS) is 19.9. The van der Waals surface area contributed by atoms with Gasteiger partial charge in [-0.3, -0.25) is 9.97 Å². The van der Waals surface area contributed by atoms with Crippen LogP contribution in [0.15, 0.2) is 53.9 Å². The lowest BCUT2D eigenvalue weighted by Crippen LogP contribution is -2.66. The molecule has 0 amide bonds. The maximum Gasteiger partial charge on any atom is 0.490 e. The van der Waals surface area contributed by atoms with Gasteiger partial charge in [0.1, 0.15) is 10.6 Å². The van der Waals surface area contributed by atoms with Crippen molar-refractivity contribution < 1.29 is 41.0 Å². The van der Waals surface area contributed by atoms with Crippen LogP contribution < -0.4 is 4.74 Å². The van der Waals surface area contributed by atoms with Crippen molar-refractivity contribution in [3.63, 3.8) is 0 Å². The van der Waals surface area contributed by atoms with Crippen molar-refractivity contribution in [2.75, 3.05) is 26.3 Å². The van der Waals surface area contributed by atoms with E-state index in [-0.39, 0.29) is 10.5 Å². The first-order chi connectivity index (χ1) is 15.5. The van der Waals surface area contributed by atoms with Crippen molar-refractivity contribution in [3.05, 3.63) is 49.1 Å². The van der Waals surface area contributed by atoms with E-state index in [0.29, 0.717) is 32.2 Å². The molecule has 2 aromatic rings. The number of aromatic nitrogens is 2.